The van der Waals surface area contributed by atoms with Crippen LogP contribution >= 0.6 is 0 Å². The van der Waals surface area contributed by atoms with Gasteiger partial charge in [-0.05, 0) is 47.8 Å². The molecule has 96 valence electrons. The minimum Gasteiger partial charge on any atom is -0.325 e. The fourth-order valence-electron chi connectivity index (χ4n) is 3.27. The molecular weight excluding hydrogens is 234 g/mol. The molecule has 0 aliphatic heterocycles. The van der Waals surface area contributed by atoms with Gasteiger partial charge in [-0.1, -0.05) is 31.2 Å². The fourth-order valence-corrected chi connectivity index (χ4v) is 3.27. The van der Waals surface area contributed by atoms with Crippen LogP contribution in [0.25, 0.3) is 10.8 Å². The van der Waals surface area contributed by atoms with Gasteiger partial charge in [0.15, 0.2) is 0 Å². The molecule has 4 rings (SSSR count). The number of benzene rings is 2. The Morgan fingerprint density at radius 1 is 1.16 bits per heavy atom. The first-order valence-electron chi connectivity index (χ1n) is 7.08. The summed E-state index contributed by atoms with van der Waals surface area (Å²) in [5, 5.41) is 5.69. The van der Waals surface area contributed by atoms with Crippen molar-refractivity contribution in [1.82, 2.24) is 0 Å². The van der Waals surface area contributed by atoms with Crippen LogP contribution < -0.4 is 5.32 Å². The van der Waals surface area contributed by atoms with E-state index < -0.39 is 0 Å². The summed E-state index contributed by atoms with van der Waals surface area (Å²) in [6.45, 7) is 2.14. The molecule has 2 aromatic rings. The number of hydrogen-bond donors (Lipinski definition) is 1. The quantitative estimate of drug-likeness (QED) is 0.869. The summed E-state index contributed by atoms with van der Waals surface area (Å²) in [4.78, 5) is 12.1. The SMILES string of the molecule is CC1CC1C(=O)Nc1ccc2c3c(cccc13)CC2. The van der Waals surface area contributed by atoms with Crippen molar-refractivity contribution in [3.05, 3.63) is 41.5 Å². The topological polar surface area (TPSA) is 29.1 Å². The van der Waals surface area contributed by atoms with Crippen LogP contribution in [0.15, 0.2) is 30.3 Å². The van der Waals surface area contributed by atoms with E-state index >= 15 is 0 Å². The largest absolute Gasteiger partial charge is 0.325 e. The molecule has 0 radical (unpaired) electrons. The summed E-state index contributed by atoms with van der Waals surface area (Å²) in [6, 6.07) is 10.7. The van der Waals surface area contributed by atoms with Gasteiger partial charge < -0.3 is 5.32 Å². The molecule has 2 nitrogen and oxygen atoms in total. The van der Waals surface area contributed by atoms with Crippen LogP contribution in [0, 0.1) is 11.8 Å². The van der Waals surface area contributed by atoms with Crippen molar-refractivity contribution in [2.24, 2.45) is 11.8 Å². The highest BCUT2D eigenvalue weighted by Crippen LogP contribution is 2.40. The Hall–Kier alpha value is -1.83. The number of hydrogen-bond acceptors (Lipinski definition) is 1. The van der Waals surface area contributed by atoms with E-state index in [-0.39, 0.29) is 11.8 Å². The third-order valence-corrected chi connectivity index (χ3v) is 4.58. The molecule has 2 aliphatic rings. The second-order valence-corrected chi connectivity index (χ2v) is 5.92. The first-order chi connectivity index (χ1) is 9.24. The Balaban J connectivity index is 1.77. The first kappa shape index (κ1) is 11.0. The van der Waals surface area contributed by atoms with Crippen LogP contribution in [-0.4, -0.2) is 5.91 Å². The highest BCUT2D eigenvalue weighted by Gasteiger charge is 2.39. The van der Waals surface area contributed by atoms with Gasteiger partial charge in [0.25, 0.3) is 0 Å². The number of carbonyl (C=O) groups excluding carboxylic acids is 1. The van der Waals surface area contributed by atoms with Crippen molar-refractivity contribution in [3.63, 3.8) is 0 Å². The molecule has 2 aromatic carbocycles. The van der Waals surface area contributed by atoms with Crippen LogP contribution in [0.2, 0.25) is 0 Å². The second kappa shape index (κ2) is 3.83. The molecule has 1 N–H and O–H groups in total. The molecule has 0 aromatic heterocycles. The summed E-state index contributed by atoms with van der Waals surface area (Å²) >= 11 is 0. The molecular formula is C17H17NO. The number of nitrogens with one attached hydrogen (secondary N) is 1. The summed E-state index contributed by atoms with van der Waals surface area (Å²) in [5.74, 6) is 0.964. The molecule has 2 unspecified atom stereocenters. The maximum absolute atomic E-state index is 12.1. The lowest BCUT2D eigenvalue weighted by Crippen LogP contribution is -2.14. The van der Waals surface area contributed by atoms with E-state index in [1.54, 1.807) is 0 Å². The maximum atomic E-state index is 12.1. The lowest BCUT2D eigenvalue weighted by molar-refractivity contribution is -0.117. The van der Waals surface area contributed by atoms with E-state index in [9.17, 15) is 4.79 Å². The molecule has 0 bridgehead atoms. The van der Waals surface area contributed by atoms with Crippen LogP contribution in [0.1, 0.15) is 24.5 Å². The Morgan fingerprint density at radius 3 is 2.63 bits per heavy atom. The third-order valence-electron chi connectivity index (χ3n) is 4.58. The fraction of sp³-hybridized carbons (Fsp3) is 0.353. The van der Waals surface area contributed by atoms with Crippen LogP contribution in [-0.2, 0) is 17.6 Å². The van der Waals surface area contributed by atoms with Gasteiger partial charge in [-0.2, -0.15) is 0 Å². The van der Waals surface area contributed by atoms with E-state index in [0.717, 1.165) is 24.9 Å². The second-order valence-electron chi connectivity index (χ2n) is 5.92. The summed E-state index contributed by atoms with van der Waals surface area (Å²) in [6.07, 6.45) is 3.29. The monoisotopic (exact) mass is 251 g/mol. The average molecular weight is 251 g/mol. The zero-order chi connectivity index (χ0) is 13.0. The van der Waals surface area contributed by atoms with E-state index in [0.29, 0.717) is 5.92 Å². The van der Waals surface area contributed by atoms with Gasteiger partial charge in [-0.25, -0.2) is 0 Å². The predicted octanol–water partition coefficient (Wildman–Crippen LogP) is 3.53. The van der Waals surface area contributed by atoms with Gasteiger partial charge in [-0.15, -0.1) is 0 Å². The van der Waals surface area contributed by atoms with Crippen molar-refractivity contribution in [2.45, 2.75) is 26.2 Å². The van der Waals surface area contributed by atoms with Gasteiger partial charge in [-0.3, -0.25) is 4.79 Å². The van der Waals surface area contributed by atoms with Crippen molar-refractivity contribution >= 4 is 22.4 Å². The first-order valence-corrected chi connectivity index (χ1v) is 7.08. The minimum absolute atomic E-state index is 0.186. The van der Waals surface area contributed by atoms with Crippen molar-refractivity contribution in [2.75, 3.05) is 5.32 Å². The summed E-state index contributed by atoms with van der Waals surface area (Å²) < 4.78 is 0. The summed E-state index contributed by atoms with van der Waals surface area (Å²) in [5.41, 5.74) is 3.82. The molecule has 1 saturated carbocycles. The Bertz CT molecular complexity index is 679. The number of carbonyl (C=O) groups is 1. The molecule has 2 aliphatic carbocycles. The van der Waals surface area contributed by atoms with E-state index in [1.807, 2.05) is 0 Å². The number of anilines is 1. The molecule has 1 fully saturated rings. The Kier molecular flexibility index (Phi) is 2.22. The molecule has 19 heavy (non-hydrogen) atoms. The van der Waals surface area contributed by atoms with Crippen molar-refractivity contribution in [3.8, 4) is 0 Å². The molecule has 2 heteroatoms. The molecule has 0 heterocycles. The highest BCUT2D eigenvalue weighted by molar-refractivity contribution is 6.06. The van der Waals surface area contributed by atoms with Gasteiger partial charge in [0.1, 0.15) is 0 Å². The molecule has 2 atom stereocenters. The average Bonchev–Trinajstić information content (AvgIpc) is 3.00. The predicted molar refractivity (Wildman–Crippen MR) is 77.3 cm³/mol. The van der Waals surface area contributed by atoms with Gasteiger partial charge in [0.2, 0.25) is 5.91 Å². The normalized spacial score (nSPS) is 23.6. The van der Waals surface area contributed by atoms with Crippen LogP contribution in [0.3, 0.4) is 0 Å². The zero-order valence-electron chi connectivity index (χ0n) is 11.1. The lowest BCUT2D eigenvalue weighted by atomic mass is 10.0. The zero-order valence-corrected chi connectivity index (χ0v) is 11.1. The van der Waals surface area contributed by atoms with Crippen molar-refractivity contribution in [1.29, 1.82) is 0 Å². The van der Waals surface area contributed by atoms with E-state index in [2.05, 4.69) is 42.6 Å². The van der Waals surface area contributed by atoms with E-state index in [1.165, 1.54) is 21.9 Å². The molecule has 0 saturated heterocycles. The summed E-state index contributed by atoms with van der Waals surface area (Å²) in [7, 11) is 0. The third kappa shape index (κ3) is 1.66. The maximum Gasteiger partial charge on any atom is 0.227 e. The van der Waals surface area contributed by atoms with E-state index in [4.69, 9.17) is 0 Å². The standard InChI is InChI=1S/C17H17NO/c1-10-9-14(10)17(19)18-15-8-7-12-6-5-11-3-2-4-13(15)16(11)12/h2-4,7-8,10,14H,5-6,9H2,1H3,(H,18,19). The van der Waals surface area contributed by atoms with Gasteiger partial charge >= 0.3 is 0 Å². The number of amides is 1. The van der Waals surface area contributed by atoms with Gasteiger partial charge in [0, 0.05) is 17.0 Å². The van der Waals surface area contributed by atoms with Crippen molar-refractivity contribution < 1.29 is 4.79 Å². The smallest absolute Gasteiger partial charge is 0.227 e. The minimum atomic E-state index is 0.186. The van der Waals surface area contributed by atoms with Gasteiger partial charge in [0.05, 0.1) is 0 Å². The molecule has 1 amide bonds. The number of rotatable bonds is 2. The highest BCUT2D eigenvalue weighted by atomic mass is 16.2. The van der Waals surface area contributed by atoms with Crippen LogP contribution in [0.4, 0.5) is 5.69 Å². The Labute approximate surface area is 112 Å². The molecule has 0 spiro atoms. The lowest BCUT2D eigenvalue weighted by Gasteiger charge is -2.10. The Morgan fingerprint density at radius 2 is 1.89 bits per heavy atom. The van der Waals surface area contributed by atoms with Crippen LogP contribution in [0.5, 0.6) is 0 Å². The number of aryl methyl sites for hydroxylation is 2.